The lowest BCUT2D eigenvalue weighted by atomic mass is 9.96. The third-order valence-electron chi connectivity index (χ3n) is 7.66. The molecule has 216 valence electrons. The van der Waals surface area contributed by atoms with E-state index in [1.165, 1.54) is 11.2 Å². The normalized spacial score (nSPS) is 16.7. The lowest BCUT2D eigenvalue weighted by molar-refractivity contribution is 0.00911. The summed E-state index contributed by atoms with van der Waals surface area (Å²) in [5, 5.41) is 20.4. The summed E-state index contributed by atoms with van der Waals surface area (Å²) in [4.78, 5) is 8.98. The van der Waals surface area contributed by atoms with Crippen LogP contribution in [0, 0.1) is 16.7 Å². The lowest BCUT2D eigenvalue weighted by Crippen LogP contribution is -2.48. The molecule has 1 aliphatic heterocycles. The second-order valence-electron chi connectivity index (χ2n) is 12.1. The van der Waals surface area contributed by atoms with Gasteiger partial charge in [-0.3, -0.25) is 15.0 Å². The van der Waals surface area contributed by atoms with Crippen molar-refractivity contribution < 1.29 is 8.78 Å². The number of alkyl halides is 2. The summed E-state index contributed by atoms with van der Waals surface area (Å²) in [6, 6.07) is 15.3. The number of pyridine rings is 2. The highest BCUT2D eigenvalue weighted by Gasteiger charge is 2.56. The van der Waals surface area contributed by atoms with Crippen LogP contribution in [0.4, 0.5) is 20.2 Å². The zero-order valence-electron chi connectivity index (χ0n) is 23.5. The van der Waals surface area contributed by atoms with E-state index in [0.29, 0.717) is 57.9 Å². The summed E-state index contributed by atoms with van der Waals surface area (Å²) >= 11 is 6.76. The van der Waals surface area contributed by atoms with Gasteiger partial charge < -0.3 is 16.1 Å². The molecule has 8 nitrogen and oxygen atoms in total. The minimum Gasteiger partial charge on any atom is -0.383 e. The van der Waals surface area contributed by atoms with Crippen LogP contribution in [-0.4, -0.2) is 33.5 Å². The van der Waals surface area contributed by atoms with Crippen LogP contribution in [0.5, 0.6) is 0 Å². The van der Waals surface area contributed by atoms with Crippen LogP contribution in [0.25, 0.3) is 21.8 Å². The SMILES string of the molecule is CC(C)(C)CNc1c(C#N)cnc2c(Cl)cc(N[C@H](C3=CN(C4(C(F)F)CC4)NN3)c3ccc4cccnc4c3)cc12. The van der Waals surface area contributed by atoms with Crippen LogP contribution in [0.1, 0.15) is 50.8 Å². The van der Waals surface area contributed by atoms with E-state index in [1.807, 2.05) is 36.4 Å². The zero-order valence-corrected chi connectivity index (χ0v) is 24.2. The number of hydrazine groups is 2. The Morgan fingerprint density at radius 2 is 1.98 bits per heavy atom. The molecular weight excluding hydrogens is 558 g/mol. The van der Waals surface area contributed by atoms with Gasteiger partial charge in [-0.25, -0.2) is 8.78 Å². The van der Waals surface area contributed by atoms with Crippen molar-refractivity contribution in [3.05, 3.63) is 82.9 Å². The smallest absolute Gasteiger partial charge is 0.262 e. The van der Waals surface area contributed by atoms with E-state index in [0.717, 1.165) is 16.5 Å². The number of hydrogen-bond acceptors (Lipinski definition) is 8. The van der Waals surface area contributed by atoms with Gasteiger partial charge in [-0.05, 0) is 48.1 Å². The van der Waals surface area contributed by atoms with Crippen molar-refractivity contribution in [1.82, 2.24) is 25.9 Å². The van der Waals surface area contributed by atoms with Gasteiger partial charge in [0.15, 0.2) is 0 Å². The van der Waals surface area contributed by atoms with Crippen LogP contribution in [0.3, 0.4) is 0 Å². The fraction of sp³-hybridized carbons (Fsp3) is 0.323. The Morgan fingerprint density at radius 3 is 2.69 bits per heavy atom. The average molecular weight is 589 g/mol. The topological polar surface area (TPSA) is 101 Å². The Labute approximate surface area is 247 Å². The minimum atomic E-state index is -2.49. The van der Waals surface area contributed by atoms with E-state index in [2.05, 4.69) is 58.4 Å². The number of halogens is 3. The zero-order chi connectivity index (χ0) is 29.6. The van der Waals surface area contributed by atoms with Crippen LogP contribution >= 0.6 is 11.6 Å². The Balaban J connectivity index is 1.43. The van der Waals surface area contributed by atoms with Crippen LogP contribution in [0.15, 0.2) is 66.8 Å². The number of rotatable bonds is 8. The average Bonchev–Trinajstić information content (AvgIpc) is 3.64. The maximum absolute atomic E-state index is 13.9. The molecule has 6 rings (SSSR count). The molecule has 3 heterocycles. The Bertz CT molecular complexity index is 1740. The molecule has 1 aliphatic carbocycles. The van der Waals surface area contributed by atoms with Crippen LogP contribution < -0.4 is 21.6 Å². The van der Waals surface area contributed by atoms with Gasteiger partial charge in [0.2, 0.25) is 0 Å². The van der Waals surface area contributed by atoms with Gasteiger partial charge in [-0.1, -0.05) is 50.6 Å². The predicted molar refractivity (Wildman–Crippen MR) is 162 cm³/mol. The monoisotopic (exact) mass is 588 g/mol. The van der Waals surface area contributed by atoms with E-state index in [1.54, 1.807) is 18.5 Å². The molecule has 0 saturated heterocycles. The lowest BCUT2D eigenvalue weighted by Gasteiger charge is -2.25. The van der Waals surface area contributed by atoms with Crippen molar-refractivity contribution in [2.75, 3.05) is 17.2 Å². The maximum atomic E-state index is 13.9. The molecule has 1 atom stereocenters. The van der Waals surface area contributed by atoms with Crippen LogP contribution in [-0.2, 0) is 0 Å². The number of hydrogen-bond donors (Lipinski definition) is 4. The van der Waals surface area contributed by atoms with Gasteiger partial charge in [-0.15, -0.1) is 5.53 Å². The van der Waals surface area contributed by atoms with Gasteiger partial charge in [-0.2, -0.15) is 5.26 Å². The first-order valence-electron chi connectivity index (χ1n) is 13.8. The third kappa shape index (κ3) is 5.26. The van der Waals surface area contributed by atoms with Gasteiger partial charge >= 0.3 is 0 Å². The molecule has 4 N–H and O–H groups in total. The van der Waals surface area contributed by atoms with E-state index in [4.69, 9.17) is 11.6 Å². The van der Waals surface area contributed by atoms with Crippen molar-refractivity contribution >= 4 is 44.8 Å². The Morgan fingerprint density at radius 1 is 1.17 bits per heavy atom. The van der Waals surface area contributed by atoms with E-state index < -0.39 is 18.0 Å². The Hall–Kier alpha value is -4.20. The predicted octanol–water partition coefficient (Wildman–Crippen LogP) is 6.88. The molecule has 0 bridgehead atoms. The Kier molecular flexibility index (Phi) is 7.03. The molecule has 2 aromatic heterocycles. The molecule has 0 unspecified atom stereocenters. The molecular formula is C31H31ClF2N8. The third-order valence-corrected chi connectivity index (χ3v) is 7.95. The summed E-state index contributed by atoms with van der Waals surface area (Å²) in [6.07, 6.45) is 3.29. The number of anilines is 2. The summed E-state index contributed by atoms with van der Waals surface area (Å²) in [7, 11) is 0. The number of fused-ring (bicyclic) bond motifs is 2. The number of nitrogens with zero attached hydrogens (tertiary/aromatic N) is 4. The fourth-order valence-corrected chi connectivity index (χ4v) is 5.42. The van der Waals surface area contributed by atoms with Crippen molar-refractivity contribution in [2.24, 2.45) is 5.41 Å². The first-order chi connectivity index (χ1) is 20.1. The molecule has 42 heavy (non-hydrogen) atoms. The molecule has 0 spiro atoms. The molecule has 0 amide bonds. The first-order valence-corrected chi connectivity index (χ1v) is 14.1. The molecule has 2 aliphatic rings. The van der Waals surface area contributed by atoms with Crippen molar-refractivity contribution in [1.29, 1.82) is 5.26 Å². The molecule has 1 fully saturated rings. The molecule has 4 aromatic rings. The number of nitrogens with one attached hydrogen (secondary N) is 4. The van der Waals surface area contributed by atoms with Gasteiger partial charge in [0.1, 0.15) is 11.6 Å². The minimum absolute atomic E-state index is 0.0339. The quantitative estimate of drug-likeness (QED) is 0.177. The second-order valence-corrected chi connectivity index (χ2v) is 12.5. The van der Waals surface area contributed by atoms with Gasteiger partial charge in [0.25, 0.3) is 6.43 Å². The molecule has 0 radical (unpaired) electrons. The molecule has 1 saturated carbocycles. The highest BCUT2D eigenvalue weighted by atomic mass is 35.5. The van der Waals surface area contributed by atoms with E-state index >= 15 is 0 Å². The summed E-state index contributed by atoms with van der Waals surface area (Å²) in [6.45, 7) is 6.96. The van der Waals surface area contributed by atoms with Crippen molar-refractivity contribution in [3.8, 4) is 6.07 Å². The number of benzene rings is 2. The van der Waals surface area contributed by atoms with E-state index in [9.17, 15) is 14.0 Å². The highest BCUT2D eigenvalue weighted by Crippen LogP contribution is 2.47. The standard InChI is InChI=1S/C31H31ClF2N8/c1-30(2,3)17-38-26-20(14-35)15-37-28-22(26)12-21(13-23(28)32)39-27(19-7-6-18-5-4-10-36-24(18)11-19)25-16-42(41-40-25)31(8-9-31)29(33)34/h4-7,10-13,15-16,27,29,39-41H,8-9,17H2,1-3H3,(H,37,38)/t27-/m0/s1. The molecule has 2 aromatic carbocycles. The maximum Gasteiger partial charge on any atom is 0.262 e. The highest BCUT2D eigenvalue weighted by molar-refractivity contribution is 6.35. The van der Waals surface area contributed by atoms with Crippen LogP contribution in [0.2, 0.25) is 5.02 Å². The van der Waals surface area contributed by atoms with Crippen molar-refractivity contribution in [3.63, 3.8) is 0 Å². The largest absolute Gasteiger partial charge is 0.383 e. The fourth-order valence-electron chi connectivity index (χ4n) is 5.15. The summed E-state index contributed by atoms with van der Waals surface area (Å²) < 4.78 is 27.8. The van der Waals surface area contributed by atoms with Gasteiger partial charge in [0.05, 0.1) is 39.0 Å². The second kappa shape index (κ2) is 10.6. The summed E-state index contributed by atoms with van der Waals surface area (Å²) in [5.41, 5.74) is 9.45. The molecule has 11 heteroatoms. The van der Waals surface area contributed by atoms with E-state index in [-0.39, 0.29) is 5.41 Å². The number of nitriles is 1. The van der Waals surface area contributed by atoms with Crippen molar-refractivity contribution in [2.45, 2.75) is 51.6 Å². The summed E-state index contributed by atoms with van der Waals surface area (Å²) in [5.74, 6) is 0. The number of aromatic nitrogens is 2. The first kappa shape index (κ1) is 27.9. The van der Waals surface area contributed by atoms with Gasteiger partial charge in [0, 0.05) is 41.6 Å².